The second-order valence-corrected chi connectivity index (χ2v) is 59.4. The maximum atomic E-state index is 2.94. The summed E-state index contributed by atoms with van der Waals surface area (Å²) in [5.41, 5.74) is 7.38. The van der Waals surface area contributed by atoms with E-state index >= 15 is 0 Å². The van der Waals surface area contributed by atoms with E-state index in [2.05, 4.69) is 143 Å². The van der Waals surface area contributed by atoms with Crippen LogP contribution in [-0.2, 0) is 0 Å². The fourth-order valence-electron chi connectivity index (χ4n) is 9.31. The Morgan fingerprint density at radius 3 is 1.05 bits per heavy atom. The summed E-state index contributed by atoms with van der Waals surface area (Å²) >= 11 is -1.66. The van der Waals surface area contributed by atoms with E-state index in [1.165, 1.54) is 8.73 Å². The Labute approximate surface area is 259 Å². The first kappa shape index (κ1) is 36.3. The Hall–Kier alpha value is 1.08. The Morgan fingerprint density at radius 2 is 0.821 bits per heavy atom. The van der Waals surface area contributed by atoms with Crippen LogP contribution in [0.5, 0.6) is 0 Å². The first-order chi connectivity index (χ1) is 17.1. The molecule has 0 fully saturated rings. The zero-order chi connectivity index (χ0) is 30.7. The normalized spacial score (nSPS) is 17.1. The molecule has 0 bridgehead atoms. The predicted molar refractivity (Wildman–Crippen MR) is 203 cm³/mol. The van der Waals surface area contributed by atoms with Gasteiger partial charge in [0.05, 0.1) is 0 Å². The van der Waals surface area contributed by atoms with E-state index in [1.807, 2.05) is 14.6 Å². The number of allylic oxidation sites excluding steroid dienone is 2. The fraction of sp³-hybridized carbons (Fsp3) is 0.750. The van der Waals surface area contributed by atoms with E-state index in [9.17, 15) is 0 Å². The van der Waals surface area contributed by atoms with Crippen LogP contribution in [0.1, 0.15) is 39.1 Å². The summed E-state index contributed by atoms with van der Waals surface area (Å²) in [7, 11) is -8.59. The maximum absolute atomic E-state index is 2.94. The van der Waals surface area contributed by atoms with Crippen molar-refractivity contribution in [2.24, 2.45) is 0 Å². The summed E-state index contributed by atoms with van der Waals surface area (Å²) in [4.78, 5) is 0. The first-order valence-electron chi connectivity index (χ1n) is 15.7. The van der Waals surface area contributed by atoms with E-state index in [4.69, 9.17) is 0 Å². The molecule has 39 heavy (non-hydrogen) atoms. The molecule has 0 N–H and O–H groups in total. The minimum atomic E-state index is -1.66. The molecule has 0 unspecified atom stereocenters. The zero-order valence-corrected chi connectivity index (χ0v) is 38.4. The van der Waals surface area contributed by atoms with Gasteiger partial charge in [-0.2, -0.15) is 0 Å². The quantitative estimate of drug-likeness (QED) is 0.165. The molecule has 0 aliphatic carbocycles. The molecule has 0 radical (unpaired) electrons. The molecule has 1 aromatic rings. The van der Waals surface area contributed by atoms with Gasteiger partial charge in [0.1, 0.15) is 0 Å². The number of hydrogen-bond donors (Lipinski definition) is 0. The van der Waals surface area contributed by atoms with E-state index in [0.29, 0.717) is 0 Å². The van der Waals surface area contributed by atoms with Crippen molar-refractivity contribution < 1.29 is 0 Å². The molecule has 0 amide bonds. The second-order valence-electron chi connectivity index (χ2n) is 19.5. The van der Waals surface area contributed by atoms with E-state index in [-0.39, 0.29) is 0 Å². The van der Waals surface area contributed by atoms with Crippen molar-refractivity contribution >= 4 is 72.2 Å². The van der Waals surface area contributed by atoms with Crippen LogP contribution in [0.15, 0.2) is 23.8 Å². The fourth-order valence-corrected chi connectivity index (χ4v) is 57.0. The molecule has 0 nitrogen and oxygen atoms in total. The molecule has 224 valence electrons. The van der Waals surface area contributed by atoms with Crippen molar-refractivity contribution in [3.8, 4) is 0 Å². The Bertz CT molecular complexity index is 954. The summed E-state index contributed by atoms with van der Waals surface area (Å²) in [6.45, 7) is 51.0. The number of rotatable bonds is 10. The van der Waals surface area contributed by atoms with E-state index in [1.54, 1.807) is 11.1 Å². The third-order valence-electron chi connectivity index (χ3n) is 8.76. The average molecular weight is 742 g/mol. The number of hydrogen-bond acceptors (Lipinski definition) is 0. The molecular formula is C32H67SbSi6. The molecular weight excluding hydrogens is 675 g/mol. The molecule has 0 spiro atoms. The van der Waals surface area contributed by atoms with E-state index in [0.717, 1.165) is 15.5 Å². The van der Waals surface area contributed by atoms with Gasteiger partial charge in [-0.1, -0.05) is 0 Å². The number of benzene rings is 1. The molecule has 0 saturated carbocycles. The van der Waals surface area contributed by atoms with Crippen LogP contribution in [0, 0.1) is 0 Å². The first-order valence-corrected chi connectivity index (χ1v) is 42.0. The van der Waals surface area contributed by atoms with Crippen molar-refractivity contribution in [3.63, 3.8) is 0 Å². The minimum absolute atomic E-state index is 0.819. The molecule has 2 rings (SSSR count). The molecule has 7 heteroatoms. The van der Waals surface area contributed by atoms with Crippen LogP contribution in [0.3, 0.4) is 0 Å². The van der Waals surface area contributed by atoms with Gasteiger partial charge < -0.3 is 0 Å². The van der Waals surface area contributed by atoms with Gasteiger partial charge in [0.25, 0.3) is 0 Å². The molecule has 1 aliphatic rings. The van der Waals surface area contributed by atoms with Gasteiger partial charge in [0, 0.05) is 0 Å². The molecule has 0 atom stereocenters. The summed E-state index contributed by atoms with van der Waals surface area (Å²) in [6.07, 6.45) is 2.66. The topological polar surface area (TPSA) is 0 Å². The van der Waals surface area contributed by atoms with Crippen molar-refractivity contribution in [1.29, 1.82) is 0 Å². The van der Waals surface area contributed by atoms with E-state index < -0.39 is 68.7 Å². The van der Waals surface area contributed by atoms with Crippen molar-refractivity contribution in [2.75, 3.05) is 0 Å². The summed E-state index contributed by atoms with van der Waals surface area (Å²) in [5.74, 6) is 0. The van der Waals surface area contributed by atoms with Crippen LogP contribution < -0.4 is 3.51 Å². The van der Waals surface area contributed by atoms with Crippen LogP contribution >= 0.6 is 0 Å². The third-order valence-corrected chi connectivity index (χ3v) is 44.2. The summed E-state index contributed by atoms with van der Waals surface area (Å²) < 4.78 is 4.94. The molecule has 0 aromatic heterocycles. The molecule has 1 heterocycles. The van der Waals surface area contributed by atoms with Gasteiger partial charge in [-0.3, -0.25) is 0 Å². The van der Waals surface area contributed by atoms with Gasteiger partial charge in [-0.15, -0.1) is 0 Å². The van der Waals surface area contributed by atoms with Gasteiger partial charge in [0.2, 0.25) is 0 Å². The van der Waals surface area contributed by atoms with Crippen molar-refractivity contribution in [1.82, 2.24) is 0 Å². The molecule has 1 aromatic carbocycles. The SMILES string of the molecule is CC1=C[CH2][Sb]([c]2c(C([Si](C)(C)C)[Si](C)(C)C)cc(C([Si](C)(C)C)[Si](C)(C)C)cc2C([Si](C)(C)C)[Si](C)(C)C)[CH2]1. The summed E-state index contributed by atoms with van der Waals surface area (Å²) in [5, 5.41) is 2.51. The van der Waals surface area contributed by atoms with Crippen LogP contribution in [0.4, 0.5) is 0 Å². The predicted octanol–water partition coefficient (Wildman–Crippen LogP) is 10.9. The van der Waals surface area contributed by atoms with Crippen LogP contribution in [-0.4, -0.2) is 68.7 Å². The van der Waals surface area contributed by atoms with Gasteiger partial charge >= 0.3 is 262 Å². The van der Waals surface area contributed by atoms with Gasteiger partial charge in [-0.25, -0.2) is 0 Å². The standard InChI is InChI=1S/C27H59Si6.C5H8.Sb/c1-28(2,3)25(29(4,5)6)22-19-23(26(30(7,8)9)31(10,11)12)21-24(20-22)27(32(13,14)15)33(16,17)18;1-4-5(2)3;/h19-20,25-27H,1-18H3;4H,1-2H2,3H3;. The van der Waals surface area contributed by atoms with Gasteiger partial charge in [0.15, 0.2) is 0 Å². The van der Waals surface area contributed by atoms with Crippen molar-refractivity contribution in [3.05, 3.63) is 40.5 Å². The van der Waals surface area contributed by atoms with Crippen LogP contribution in [0.2, 0.25) is 127 Å². The monoisotopic (exact) mass is 740 g/mol. The molecule has 0 saturated heterocycles. The second kappa shape index (κ2) is 11.9. The Kier molecular flexibility index (Phi) is 11.0. The zero-order valence-electron chi connectivity index (χ0n) is 29.8. The Morgan fingerprint density at radius 1 is 0.513 bits per heavy atom. The summed E-state index contributed by atoms with van der Waals surface area (Å²) in [6, 6.07) is 5.87. The third kappa shape index (κ3) is 8.81. The van der Waals surface area contributed by atoms with Crippen molar-refractivity contribution in [2.45, 2.75) is 149 Å². The molecule has 1 aliphatic heterocycles. The average Bonchev–Trinajstić information content (AvgIpc) is 2.99. The Balaban J connectivity index is 3.26. The van der Waals surface area contributed by atoms with Crippen LogP contribution in [0.25, 0.3) is 0 Å². The van der Waals surface area contributed by atoms with Gasteiger partial charge in [-0.05, 0) is 0 Å².